The van der Waals surface area contributed by atoms with Crippen molar-refractivity contribution in [2.75, 3.05) is 4.98 Å². The molecular formula is C15H21NSi. The third-order valence-electron chi connectivity index (χ3n) is 3.80. The van der Waals surface area contributed by atoms with Gasteiger partial charge in [0.1, 0.15) is 0 Å². The summed E-state index contributed by atoms with van der Waals surface area (Å²) in [5.41, 5.74) is 2.61. The molecule has 1 nitrogen and oxygen atoms in total. The first-order valence-electron chi connectivity index (χ1n) is 6.15. The van der Waals surface area contributed by atoms with Crippen LogP contribution in [-0.2, 0) is 0 Å². The van der Waals surface area contributed by atoms with Gasteiger partial charge in [-0.25, -0.2) is 0 Å². The van der Waals surface area contributed by atoms with E-state index >= 15 is 0 Å². The molecule has 90 valence electrons. The standard InChI is InChI=1S/C15H21NSi/c1-13-10-11-15(2,12-13)17(3,4)16-14-8-6-5-7-9-14/h5-12,16H,1-4H3. The van der Waals surface area contributed by atoms with Crippen molar-refractivity contribution < 1.29 is 0 Å². The van der Waals surface area contributed by atoms with Crippen LogP contribution >= 0.6 is 0 Å². The summed E-state index contributed by atoms with van der Waals surface area (Å²) in [5, 5.41) is 0.201. The average Bonchev–Trinajstić information content (AvgIpc) is 2.61. The molecule has 0 spiro atoms. The third-order valence-corrected chi connectivity index (χ3v) is 7.72. The molecule has 0 aromatic heterocycles. The van der Waals surface area contributed by atoms with Gasteiger partial charge in [-0.15, -0.1) is 0 Å². The van der Waals surface area contributed by atoms with Gasteiger partial charge in [0.15, 0.2) is 8.24 Å². The highest BCUT2D eigenvalue weighted by Gasteiger charge is 2.41. The van der Waals surface area contributed by atoms with Crippen molar-refractivity contribution in [1.82, 2.24) is 0 Å². The zero-order chi connectivity index (χ0) is 12.5. The van der Waals surface area contributed by atoms with Gasteiger partial charge in [-0.2, -0.15) is 0 Å². The fraction of sp³-hybridized carbons (Fsp3) is 0.333. The molecule has 1 aromatic carbocycles. The Labute approximate surface area is 105 Å². The minimum atomic E-state index is -1.59. The lowest BCUT2D eigenvalue weighted by atomic mass is 10.2. The zero-order valence-electron chi connectivity index (χ0n) is 11.1. The van der Waals surface area contributed by atoms with Crippen LogP contribution in [0, 0.1) is 0 Å². The van der Waals surface area contributed by atoms with Crippen LogP contribution in [0.2, 0.25) is 18.1 Å². The lowest BCUT2D eigenvalue weighted by Crippen LogP contribution is -2.46. The molecule has 0 heterocycles. The first kappa shape index (κ1) is 12.2. The van der Waals surface area contributed by atoms with Gasteiger partial charge in [-0.3, -0.25) is 0 Å². The summed E-state index contributed by atoms with van der Waals surface area (Å²) < 4.78 is 0. The van der Waals surface area contributed by atoms with Gasteiger partial charge in [0.2, 0.25) is 0 Å². The monoisotopic (exact) mass is 243 g/mol. The molecule has 1 aromatic rings. The smallest absolute Gasteiger partial charge is 0.160 e. The topological polar surface area (TPSA) is 12.0 Å². The highest BCUT2D eigenvalue weighted by Crippen LogP contribution is 2.45. The van der Waals surface area contributed by atoms with E-state index in [0.29, 0.717) is 0 Å². The SMILES string of the molecule is CC1=CC(C)([Si](C)(C)Nc2ccccc2)C=C1. The number of hydrogen-bond acceptors (Lipinski definition) is 1. The van der Waals surface area contributed by atoms with Gasteiger partial charge in [-0.05, 0) is 19.1 Å². The molecule has 1 N–H and O–H groups in total. The Kier molecular flexibility index (Phi) is 3.00. The average molecular weight is 243 g/mol. The van der Waals surface area contributed by atoms with E-state index in [1.165, 1.54) is 11.3 Å². The van der Waals surface area contributed by atoms with E-state index in [1.807, 2.05) is 0 Å². The first-order chi connectivity index (χ1) is 7.93. The predicted molar refractivity (Wildman–Crippen MR) is 78.8 cm³/mol. The number of anilines is 1. The third kappa shape index (κ3) is 2.37. The fourth-order valence-corrected chi connectivity index (χ4v) is 4.53. The second-order valence-corrected chi connectivity index (χ2v) is 10.2. The lowest BCUT2D eigenvalue weighted by Gasteiger charge is -2.38. The van der Waals surface area contributed by atoms with Gasteiger partial charge in [0.05, 0.1) is 0 Å². The van der Waals surface area contributed by atoms with Gasteiger partial charge < -0.3 is 4.98 Å². The van der Waals surface area contributed by atoms with Crippen LogP contribution in [0.5, 0.6) is 0 Å². The molecule has 1 atom stereocenters. The molecule has 2 heteroatoms. The molecule has 0 saturated carbocycles. The lowest BCUT2D eigenvalue weighted by molar-refractivity contribution is 0.920. The van der Waals surface area contributed by atoms with E-state index in [0.717, 1.165) is 0 Å². The van der Waals surface area contributed by atoms with Gasteiger partial charge in [-0.1, -0.05) is 62.0 Å². The van der Waals surface area contributed by atoms with Crippen LogP contribution in [0.15, 0.2) is 54.1 Å². The van der Waals surface area contributed by atoms with Gasteiger partial charge >= 0.3 is 0 Å². The number of hydrogen-bond donors (Lipinski definition) is 1. The normalized spacial score (nSPS) is 23.6. The van der Waals surface area contributed by atoms with Crippen molar-refractivity contribution in [3.05, 3.63) is 54.1 Å². The van der Waals surface area contributed by atoms with E-state index in [9.17, 15) is 0 Å². The van der Waals surface area contributed by atoms with Crippen LogP contribution in [0.4, 0.5) is 5.69 Å². The van der Waals surface area contributed by atoms with E-state index in [4.69, 9.17) is 0 Å². The van der Waals surface area contributed by atoms with Crippen molar-refractivity contribution in [3.8, 4) is 0 Å². The largest absolute Gasteiger partial charge is 0.410 e. The Bertz CT molecular complexity index is 459. The van der Waals surface area contributed by atoms with Crippen molar-refractivity contribution >= 4 is 13.9 Å². The molecular weight excluding hydrogens is 222 g/mol. The maximum absolute atomic E-state index is 3.76. The second-order valence-electron chi connectivity index (χ2n) is 5.62. The molecule has 0 bridgehead atoms. The fourth-order valence-electron chi connectivity index (χ4n) is 2.28. The number of allylic oxidation sites excluding steroid dienone is 4. The maximum atomic E-state index is 3.76. The van der Waals surface area contributed by atoms with Crippen molar-refractivity contribution in [2.45, 2.75) is 32.0 Å². The van der Waals surface area contributed by atoms with Gasteiger partial charge in [0.25, 0.3) is 0 Å². The Morgan fingerprint density at radius 1 is 1.12 bits per heavy atom. The van der Waals surface area contributed by atoms with Crippen molar-refractivity contribution in [2.24, 2.45) is 0 Å². The van der Waals surface area contributed by atoms with E-state index in [2.05, 4.69) is 80.5 Å². The molecule has 0 aliphatic heterocycles. The minimum Gasteiger partial charge on any atom is -0.410 e. The summed E-state index contributed by atoms with van der Waals surface area (Å²) in [6.45, 7) is 9.29. The van der Waals surface area contributed by atoms with Crippen LogP contribution in [-0.4, -0.2) is 8.24 Å². The first-order valence-corrected chi connectivity index (χ1v) is 9.15. The molecule has 2 rings (SSSR count). The van der Waals surface area contributed by atoms with E-state index in [1.54, 1.807) is 0 Å². The molecule has 17 heavy (non-hydrogen) atoms. The summed E-state index contributed by atoms with van der Waals surface area (Å²) in [6.07, 6.45) is 6.99. The van der Waals surface area contributed by atoms with Crippen LogP contribution in [0.3, 0.4) is 0 Å². The molecule has 1 aliphatic carbocycles. The Balaban J connectivity index is 2.23. The van der Waals surface area contributed by atoms with Crippen molar-refractivity contribution in [3.63, 3.8) is 0 Å². The number of rotatable bonds is 3. The summed E-state index contributed by atoms with van der Waals surface area (Å²) in [4.78, 5) is 3.76. The highest BCUT2D eigenvalue weighted by molar-refractivity contribution is 6.84. The van der Waals surface area contributed by atoms with Crippen molar-refractivity contribution in [1.29, 1.82) is 0 Å². The van der Waals surface area contributed by atoms with Crippen LogP contribution in [0.25, 0.3) is 0 Å². The minimum absolute atomic E-state index is 0.201. The second kappa shape index (κ2) is 4.19. The molecule has 0 fully saturated rings. The van der Waals surface area contributed by atoms with E-state index in [-0.39, 0.29) is 5.04 Å². The molecule has 0 saturated heterocycles. The maximum Gasteiger partial charge on any atom is 0.160 e. The summed E-state index contributed by atoms with van der Waals surface area (Å²) >= 11 is 0. The summed E-state index contributed by atoms with van der Waals surface area (Å²) in [6, 6.07) is 10.5. The Hall–Kier alpha value is -1.28. The summed E-state index contributed by atoms with van der Waals surface area (Å²) in [7, 11) is -1.59. The summed E-state index contributed by atoms with van der Waals surface area (Å²) in [5.74, 6) is 0. The van der Waals surface area contributed by atoms with Gasteiger partial charge in [0, 0.05) is 10.7 Å². The number of benzene rings is 1. The van der Waals surface area contributed by atoms with E-state index < -0.39 is 8.24 Å². The zero-order valence-corrected chi connectivity index (χ0v) is 12.1. The Morgan fingerprint density at radius 2 is 1.76 bits per heavy atom. The Morgan fingerprint density at radius 3 is 2.29 bits per heavy atom. The molecule has 0 amide bonds. The predicted octanol–water partition coefficient (Wildman–Crippen LogP) is 4.58. The quantitative estimate of drug-likeness (QED) is 0.766. The van der Waals surface area contributed by atoms with Crippen LogP contribution < -0.4 is 4.98 Å². The number of nitrogens with one attached hydrogen (secondary N) is 1. The molecule has 0 radical (unpaired) electrons. The molecule has 1 unspecified atom stereocenters. The number of para-hydroxylation sites is 1. The molecule has 1 aliphatic rings. The highest BCUT2D eigenvalue weighted by atomic mass is 28.3. The van der Waals surface area contributed by atoms with Crippen LogP contribution in [0.1, 0.15) is 13.8 Å².